The van der Waals surface area contributed by atoms with Crippen molar-refractivity contribution >= 4 is 39.0 Å². The van der Waals surface area contributed by atoms with Crippen LogP contribution in [0.25, 0.3) is 10.9 Å². The lowest BCUT2D eigenvalue weighted by atomic mass is 9.87. The maximum atomic E-state index is 13.2. The Balaban J connectivity index is 1.68. The number of hydrogen-bond donors (Lipinski definition) is 2. The topological polar surface area (TPSA) is 84.2 Å². The van der Waals surface area contributed by atoms with Gasteiger partial charge in [0, 0.05) is 34.3 Å². The SMILES string of the molecule is CC(C)(O)c1cc2nn(C3CCC(C=O)CC3)cc2cc1NC(=O)c1cccc(S(F)(F)(F)(F)F)c1. The van der Waals surface area contributed by atoms with Gasteiger partial charge in [0.1, 0.15) is 11.2 Å². The van der Waals surface area contributed by atoms with Gasteiger partial charge in [-0.1, -0.05) is 25.5 Å². The number of carbonyl (C=O) groups excluding carboxylic acids is 2. The van der Waals surface area contributed by atoms with Gasteiger partial charge < -0.3 is 15.2 Å². The number of amides is 1. The number of carbonyl (C=O) groups is 2. The van der Waals surface area contributed by atoms with E-state index in [2.05, 4.69) is 10.4 Å². The first-order chi connectivity index (χ1) is 16.4. The fourth-order valence-electron chi connectivity index (χ4n) is 4.46. The largest absolute Gasteiger partial charge is 0.386 e. The number of benzene rings is 2. The molecule has 2 aromatic carbocycles. The molecule has 1 aromatic heterocycles. The van der Waals surface area contributed by atoms with Crippen molar-refractivity contribution in [2.75, 3.05) is 5.32 Å². The van der Waals surface area contributed by atoms with Gasteiger partial charge in [-0.25, -0.2) is 0 Å². The smallest absolute Gasteiger partial charge is 0.310 e. The third-order valence-electron chi connectivity index (χ3n) is 6.42. The summed E-state index contributed by atoms with van der Waals surface area (Å²) < 4.78 is 67.9. The van der Waals surface area contributed by atoms with Crippen LogP contribution >= 0.6 is 10.2 Å². The molecule has 1 saturated carbocycles. The number of fused-ring (bicyclic) bond motifs is 1. The number of hydrogen-bond acceptors (Lipinski definition) is 4. The number of aromatic nitrogens is 2. The molecule has 0 spiro atoms. The van der Waals surface area contributed by atoms with E-state index in [1.54, 1.807) is 16.9 Å². The highest BCUT2D eigenvalue weighted by Gasteiger charge is 2.65. The Morgan fingerprint density at radius 3 is 2.36 bits per heavy atom. The normalized spacial score (nSPS) is 21.0. The summed E-state index contributed by atoms with van der Waals surface area (Å²) in [5, 5.41) is 18.3. The first-order valence-electron chi connectivity index (χ1n) is 11.3. The van der Waals surface area contributed by atoms with Crippen LogP contribution in [0.15, 0.2) is 47.5 Å². The molecule has 0 saturated heterocycles. The average molecular weight is 532 g/mol. The quantitative estimate of drug-likeness (QED) is 0.262. The van der Waals surface area contributed by atoms with E-state index in [1.165, 1.54) is 19.9 Å². The highest BCUT2D eigenvalue weighted by Crippen LogP contribution is 3.02. The maximum absolute atomic E-state index is 13.2. The zero-order valence-electron chi connectivity index (χ0n) is 19.6. The molecule has 0 bridgehead atoms. The van der Waals surface area contributed by atoms with Gasteiger partial charge in [-0.05, 0) is 69.9 Å². The van der Waals surface area contributed by atoms with Crippen LogP contribution in [0.5, 0.6) is 0 Å². The molecule has 2 N–H and O–H groups in total. The zero-order chi connectivity index (χ0) is 26.6. The van der Waals surface area contributed by atoms with Crippen molar-refractivity contribution in [3.8, 4) is 0 Å². The van der Waals surface area contributed by atoms with Crippen LogP contribution in [0.4, 0.5) is 25.1 Å². The maximum Gasteiger partial charge on any atom is 0.310 e. The summed E-state index contributed by atoms with van der Waals surface area (Å²) in [5.41, 5.74) is -1.17. The van der Waals surface area contributed by atoms with E-state index in [4.69, 9.17) is 0 Å². The van der Waals surface area contributed by atoms with Gasteiger partial charge >= 0.3 is 10.2 Å². The molecule has 12 heteroatoms. The number of anilines is 1. The van der Waals surface area contributed by atoms with E-state index in [0.29, 0.717) is 10.9 Å². The van der Waals surface area contributed by atoms with Crippen molar-refractivity contribution in [2.45, 2.75) is 56.1 Å². The van der Waals surface area contributed by atoms with E-state index in [-0.39, 0.29) is 35.3 Å². The minimum Gasteiger partial charge on any atom is -0.386 e. The minimum absolute atomic E-state index is 0.0347. The van der Waals surface area contributed by atoms with Crippen molar-refractivity contribution in [1.82, 2.24) is 9.78 Å². The lowest BCUT2D eigenvalue weighted by molar-refractivity contribution is -0.112. The molecule has 0 aliphatic heterocycles. The third-order valence-corrected chi connectivity index (χ3v) is 7.56. The van der Waals surface area contributed by atoms with E-state index < -0.39 is 32.2 Å². The highest BCUT2D eigenvalue weighted by molar-refractivity contribution is 8.45. The summed E-state index contributed by atoms with van der Waals surface area (Å²) in [5.74, 6) is -1.00. The van der Waals surface area contributed by atoms with Crippen LogP contribution in [0, 0.1) is 5.92 Å². The Hall–Kier alpha value is -2.99. The second-order valence-electron chi connectivity index (χ2n) is 9.78. The predicted octanol–water partition coefficient (Wildman–Crippen LogP) is 7.10. The molecule has 196 valence electrons. The van der Waals surface area contributed by atoms with Gasteiger partial charge in [-0.15, -0.1) is 0 Å². The van der Waals surface area contributed by atoms with E-state index in [0.717, 1.165) is 44.1 Å². The fourth-order valence-corrected chi connectivity index (χ4v) is 5.15. The molecule has 0 unspecified atom stereocenters. The van der Waals surface area contributed by atoms with Gasteiger partial charge in [0.2, 0.25) is 0 Å². The van der Waals surface area contributed by atoms with Gasteiger partial charge in [0.15, 0.2) is 0 Å². The summed E-state index contributed by atoms with van der Waals surface area (Å²) in [6.45, 7) is 2.94. The lowest BCUT2D eigenvalue weighted by Crippen LogP contribution is -2.21. The molecule has 36 heavy (non-hydrogen) atoms. The second kappa shape index (κ2) is 8.01. The molecule has 1 aliphatic rings. The van der Waals surface area contributed by atoms with Gasteiger partial charge in [0.05, 0.1) is 17.2 Å². The molecule has 0 atom stereocenters. The van der Waals surface area contributed by atoms with Crippen LogP contribution in [0.2, 0.25) is 0 Å². The molecule has 4 rings (SSSR count). The van der Waals surface area contributed by atoms with Crippen molar-refractivity contribution in [1.29, 1.82) is 0 Å². The van der Waals surface area contributed by atoms with E-state index in [1.807, 2.05) is 0 Å². The second-order valence-corrected chi connectivity index (χ2v) is 12.2. The Labute approximate surface area is 204 Å². The standard InChI is InChI=1S/C24H26F5N3O3S/c1-24(2,35)20-12-21-17(13-32(31-21)18-8-6-15(14-33)7-9-18)11-22(20)30-23(34)16-4-3-5-19(10-16)36(25,26,27,28)29/h3-5,10-15,18,35H,6-9H2,1-2H3,(H,30,34). The van der Waals surface area contributed by atoms with Gasteiger partial charge in [0.25, 0.3) is 5.91 Å². The number of nitrogens with one attached hydrogen (secondary N) is 1. The molecule has 3 aromatic rings. The van der Waals surface area contributed by atoms with Crippen molar-refractivity contribution in [3.63, 3.8) is 0 Å². The summed E-state index contributed by atoms with van der Waals surface area (Å²) in [6, 6.07) is 5.27. The van der Waals surface area contributed by atoms with Gasteiger partial charge in [-0.3, -0.25) is 9.48 Å². The number of rotatable bonds is 6. The number of aliphatic hydroxyl groups is 1. The first kappa shape index (κ1) is 26.1. The summed E-state index contributed by atoms with van der Waals surface area (Å²) in [4.78, 5) is 21.7. The zero-order valence-corrected chi connectivity index (χ0v) is 20.4. The summed E-state index contributed by atoms with van der Waals surface area (Å²) in [6.07, 6.45) is 5.76. The molecule has 1 fully saturated rings. The average Bonchev–Trinajstić information content (AvgIpc) is 3.19. The van der Waals surface area contributed by atoms with Crippen LogP contribution < -0.4 is 5.32 Å². The van der Waals surface area contributed by atoms with Gasteiger partial charge in [-0.2, -0.15) is 5.10 Å². The third kappa shape index (κ3) is 5.54. The number of aldehydes is 1. The monoisotopic (exact) mass is 531 g/mol. The van der Waals surface area contributed by atoms with Crippen molar-refractivity contribution < 1.29 is 34.1 Å². The molecule has 1 amide bonds. The molecule has 0 radical (unpaired) electrons. The van der Waals surface area contributed by atoms with E-state index in [9.17, 15) is 34.1 Å². The summed E-state index contributed by atoms with van der Waals surface area (Å²) >= 11 is 0. The van der Waals surface area contributed by atoms with Crippen LogP contribution in [-0.2, 0) is 10.4 Å². The number of halogens is 5. The lowest BCUT2D eigenvalue weighted by Gasteiger charge is -2.40. The molecule has 1 heterocycles. The Bertz CT molecular complexity index is 1340. The molecular weight excluding hydrogens is 505 g/mol. The molecule has 6 nitrogen and oxygen atoms in total. The fraction of sp³-hybridized carbons (Fsp3) is 0.375. The van der Waals surface area contributed by atoms with E-state index >= 15 is 0 Å². The predicted molar refractivity (Wildman–Crippen MR) is 128 cm³/mol. The number of nitrogens with zero attached hydrogens (tertiary/aromatic N) is 2. The summed E-state index contributed by atoms with van der Waals surface area (Å²) in [7, 11) is -9.97. The van der Waals surface area contributed by atoms with Crippen molar-refractivity contribution in [2.24, 2.45) is 5.92 Å². The first-order valence-corrected chi connectivity index (χ1v) is 13.3. The van der Waals surface area contributed by atoms with Crippen LogP contribution in [0.1, 0.15) is 61.5 Å². The Morgan fingerprint density at radius 1 is 1.11 bits per heavy atom. The molecular formula is C24H26F5N3O3S. The Kier molecular flexibility index (Phi) is 5.80. The molecule has 1 aliphatic carbocycles. The van der Waals surface area contributed by atoms with Crippen molar-refractivity contribution in [3.05, 3.63) is 53.7 Å². The minimum atomic E-state index is -9.97. The van der Waals surface area contributed by atoms with Crippen LogP contribution in [-0.4, -0.2) is 27.1 Å². The van der Waals surface area contributed by atoms with Crippen LogP contribution in [0.3, 0.4) is 0 Å². The highest BCUT2D eigenvalue weighted by atomic mass is 32.5. The Morgan fingerprint density at radius 2 is 1.78 bits per heavy atom.